The Morgan fingerprint density at radius 3 is 2.38 bits per heavy atom. The first kappa shape index (κ1) is 21.3. The van der Waals surface area contributed by atoms with Crippen molar-refractivity contribution >= 4 is 21.6 Å². The van der Waals surface area contributed by atoms with Gasteiger partial charge in [-0.3, -0.25) is 14.4 Å². The summed E-state index contributed by atoms with van der Waals surface area (Å²) in [5.74, 6) is -0.899. The maximum atomic E-state index is 13.7. The number of para-hydroxylation sites is 1. The highest BCUT2D eigenvalue weighted by Crippen LogP contribution is 2.19. The molecule has 2 aromatic rings. The lowest BCUT2D eigenvalue weighted by molar-refractivity contribution is 0.0937. The zero-order valence-electron chi connectivity index (χ0n) is 16.4. The molecular weight excluding hydrogens is 393 g/mol. The molecule has 1 heterocycles. The van der Waals surface area contributed by atoms with Crippen molar-refractivity contribution in [1.82, 2.24) is 10.2 Å². The second kappa shape index (κ2) is 9.37. The summed E-state index contributed by atoms with van der Waals surface area (Å²) < 4.78 is 40.8. The Kier molecular flexibility index (Phi) is 6.87. The summed E-state index contributed by atoms with van der Waals surface area (Å²) >= 11 is 0. The molecule has 2 aromatic carbocycles. The van der Waals surface area contributed by atoms with Crippen LogP contribution < -0.4 is 10.0 Å². The fraction of sp³-hybridized carbons (Fsp3) is 0.381. The molecule has 0 bridgehead atoms. The van der Waals surface area contributed by atoms with E-state index in [2.05, 4.69) is 21.9 Å². The first-order valence-corrected chi connectivity index (χ1v) is 11.3. The lowest BCUT2D eigenvalue weighted by Crippen LogP contribution is -2.42. The zero-order valence-corrected chi connectivity index (χ0v) is 17.2. The van der Waals surface area contributed by atoms with E-state index in [0.717, 1.165) is 19.5 Å². The smallest absolute Gasteiger partial charge is 0.261 e. The van der Waals surface area contributed by atoms with Crippen molar-refractivity contribution in [2.24, 2.45) is 0 Å². The van der Waals surface area contributed by atoms with Crippen molar-refractivity contribution in [3.05, 3.63) is 59.9 Å². The topological polar surface area (TPSA) is 78.5 Å². The third kappa shape index (κ3) is 5.33. The van der Waals surface area contributed by atoms with Gasteiger partial charge in [-0.15, -0.1) is 0 Å². The minimum absolute atomic E-state index is 0.0409. The van der Waals surface area contributed by atoms with E-state index in [-0.39, 0.29) is 16.5 Å². The van der Waals surface area contributed by atoms with Gasteiger partial charge in [0.05, 0.1) is 10.6 Å². The summed E-state index contributed by atoms with van der Waals surface area (Å²) in [6, 6.07) is 11.5. The van der Waals surface area contributed by atoms with E-state index in [9.17, 15) is 17.6 Å². The van der Waals surface area contributed by atoms with Crippen LogP contribution in [0.1, 0.15) is 36.5 Å². The number of hydrogen-bond donors (Lipinski definition) is 2. The van der Waals surface area contributed by atoms with Gasteiger partial charge >= 0.3 is 0 Å². The SMILES string of the molecule is CCC(CNC(=O)c1ccc(S(=O)(=O)Nc2ccccc2F)cc1)N1CCCC1. The summed E-state index contributed by atoms with van der Waals surface area (Å²) in [5.41, 5.74) is 0.257. The number of anilines is 1. The van der Waals surface area contributed by atoms with E-state index in [4.69, 9.17) is 0 Å². The molecule has 1 atom stereocenters. The predicted molar refractivity (Wildman–Crippen MR) is 111 cm³/mol. The lowest BCUT2D eigenvalue weighted by Gasteiger charge is -2.26. The van der Waals surface area contributed by atoms with Gasteiger partial charge < -0.3 is 5.32 Å². The van der Waals surface area contributed by atoms with Gasteiger partial charge in [0.1, 0.15) is 5.82 Å². The third-order valence-corrected chi connectivity index (χ3v) is 6.55. The van der Waals surface area contributed by atoms with E-state index in [1.807, 2.05) is 0 Å². The Bertz CT molecular complexity index is 942. The molecule has 156 valence electrons. The van der Waals surface area contributed by atoms with Crippen LogP contribution in [0.15, 0.2) is 53.4 Å². The van der Waals surface area contributed by atoms with Crippen molar-refractivity contribution in [2.45, 2.75) is 37.1 Å². The first-order chi connectivity index (χ1) is 13.9. The molecule has 3 rings (SSSR count). The molecular formula is C21H26FN3O3S. The normalized spacial score (nSPS) is 15.8. The number of halogens is 1. The minimum atomic E-state index is -3.95. The van der Waals surface area contributed by atoms with E-state index in [1.165, 1.54) is 55.3 Å². The molecule has 0 saturated carbocycles. The Balaban J connectivity index is 1.62. The number of sulfonamides is 1. The molecule has 0 spiro atoms. The Labute approximate surface area is 171 Å². The van der Waals surface area contributed by atoms with E-state index in [0.29, 0.717) is 18.2 Å². The Hall–Kier alpha value is -2.45. The van der Waals surface area contributed by atoms with Crippen LogP contribution in [0.2, 0.25) is 0 Å². The fourth-order valence-electron chi connectivity index (χ4n) is 3.48. The van der Waals surface area contributed by atoms with Crippen LogP contribution in [0.5, 0.6) is 0 Å². The number of hydrogen-bond acceptors (Lipinski definition) is 4. The molecule has 1 amide bonds. The highest BCUT2D eigenvalue weighted by Gasteiger charge is 2.21. The molecule has 1 saturated heterocycles. The maximum absolute atomic E-state index is 13.7. The third-order valence-electron chi connectivity index (χ3n) is 5.17. The summed E-state index contributed by atoms with van der Waals surface area (Å²) in [4.78, 5) is 14.8. The molecule has 8 heteroatoms. The number of likely N-dealkylation sites (tertiary alicyclic amines) is 1. The Morgan fingerprint density at radius 2 is 1.76 bits per heavy atom. The molecule has 29 heavy (non-hydrogen) atoms. The van der Waals surface area contributed by atoms with Crippen LogP contribution in [-0.4, -0.2) is 44.9 Å². The fourth-order valence-corrected chi connectivity index (χ4v) is 4.55. The second-order valence-electron chi connectivity index (χ2n) is 7.12. The van der Waals surface area contributed by atoms with Gasteiger partial charge in [-0.2, -0.15) is 0 Å². The monoisotopic (exact) mass is 419 g/mol. The number of rotatable bonds is 8. The molecule has 1 unspecified atom stereocenters. The average Bonchev–Trinajstić information content (AvgIpc) is 3.25. The van der Waals surface area contributed by atoms with Gasteiger partial charge in [0, 0.05) is 18.2 Å². The highest BCUT2D eigenvalue weighted by atomic mass is 32.2. The van der Waals surface area contributed by atoms with Crippen LogP contribution >= 0.6 is 0 Å². The largest absolute Gasteiger partial charge is 0.350 e. The van der Waals surface area contributed by atoms with Crippen LogP contribution in [0.4, 0.5) is 10.1 Å². The molecule has 6 nitrogen and oxygen atoms in total. The minimum Gasteiger partial charge on any atom is -0.350 e. The number of nitrogens with zero attached hydrogens (tertiary/aromatic N) is 1. The number of carbonyl (C=O) groups excluding carboxylic acids is 1. The van der Waals surface area contributed by atoms with Gasteiger partial charge in [-0.1, -0.05) is 19.1 Å². The maximum Gasteiger partial charge on any atom is 0.261 e. The summed E-state index contributed by atoms with van der Waals surface area (Å²) in [7, 11) is -3.95. The van der Waals surface area contributed by atoms with Crippen LogP contribution in [0.3, 0.4) is 0 Å². The first-order valence-electron chi connectivity index (χ1n) is 9.80. The lowest BCUT2D eigenvalue weighted by atomic mass is 10.1. The zero-order chi connectivity index (χ0) is 20.9. The molecule has 0 radical (unpaired) electrons. The van der Waals surface area contributed by atoms with Gasteiger partial charge in [-0.25, -0.2) is 12.8 Å². The second-order valence-corrected chi connectivity index (χ2v) is 8.81. The van der Waals surface area contributed by atoms with Gasteiger partial charge in [-0.05, 0) is 68.8 Å². The van der Waals surface area contributed by atoms with Gasteiger partial charge in [0.15, 0.2) is 0 Å². The standard InChI is InChI=1S/C21H26FN3O3S/c1-2-17(25-13-5-6-14-25)15-23-21(26)16-9-11-18(12-10-16)29(27,28)24-20-8-4-3-7-19(20)22/h3-4,7-12,17,24H,2,5-6,13-15H2,1H3,(H,23,26). The summed E-state index contributed by atoms with van der Waals surface area (Å²) in [6.45, 7) is 4.80. The van der Waals surface area contributed by atoms with Gasteiger partial charge in [0.25, 0.3) is 15.9 Å². The van der Waals surface area contributed by atoms with Crippen molar-refractivity contribution in [3.8, 4) is 0 Å². The summed E-state index contributed by atoms with van der Waals surface area (Å²) in [6.07, 6.45) is 3.35. The van der Waals surface area contributed by atoms with Crippen LogP contribution in [-0.2, 0) is 10.0 Å². The van der Waals surface area contributed by atoms with E-state index >= 15 is 0 Å². The summed E-state index contributed by atoms with van der Waals surface area (Å²) in [5, 5.41) is 2.94. The van der Waals surface area contributed by atoms with E-state index < -0.39 is 15.8 Å². The number of carbonyl (C=O) groups is 1. The van der Waals surface area contributed by atoms with Crippen molar-refractivity contribution in [3.63, 3.8) is 0 Å². The molecule has 0 aliphatic carbocycles. The van der Waals surface area contributed by atoms with Crippen molar-refractivity contribution in [2.75, 3.05) is 24.4 Å². The molecule has 1 aliphatic rings. The molecule has 1 aliphatic heterocycles. The van der Waals surface area contributed by atoms with Crippen LogP contribution in [0, 0.1) is 5.82 Å². The Morgan fingerprint density at radius 1 is 1.10 bits per heavy atom. The number of benzene rings is 2. The highest BCUT2D eigenvalue weighted by molar-refractivity contribution is 7.92. The number of amides is 1. The van der Waals surface area contributed by atoms with Crippen molar-refractivity contribution in [1.29, 1.82) is 0 Å². The molecule has 1 fully saturated rings. The number of nitrogens with one attached hydrogen (secondary N) is 2. The quantitative estimate of drug-likeness (QED) is 0.689. The van der Waals surface area contributed by atoms with E-state index in [1.54, 1.807) is 6.07 Å². The van der Waals surface area contributed by atoms with Gasteiger partial charge in [0.2, 0.25) is 0 Å². The average molecular weight is 420 g/mol. The predicted octanol–water partition coefficient (Wildman–Crippen LogP) is 3.23. The molecule has 2 N–H and O–H groups in total. The molecule has 0 aromatic heterocycles. The van der Waals surface area contributed by atoms with Crippen LogP contribution in [0.25, 0.3) is 0 Å². The van der Waals surface area contributed by atoms with Crippen molar-refractivity contribution < 1.29 is 17.6 Å².